The summed E-state index contributed by atoms with van der Waals surface area (Å²) in [6, 6.07) is -0.935. The zero-order valence-electron chi connectivity index (χ0n) is 13.2. The number of hydrogen-bond donors (Lipinski definition) is 4. The lowest BCUT2D eigenvalue weighted by atomic mass is 10.1. The van der Waals surface area contributed by atoms with Gasteiger partial charge in [0.15, 0.2) is 0 Å². The van der Waals surface area contributed by atoms with Crippen molar-refractivity contribution in [2.45, 2.75) is 31.7 Å². The lowest BCUT2D eigenvalue weighted by Gasteiger charge is -2.17. The molecule has 0 radical (unpaired) electrons. The van der Waals surface area contributed by atoms with Crippen molar-refractivity contribution in [1.82, 2.24) is 20.6 Å². The Morgan fingerprint density at radius 3 is 2.67 bits per heavy atom. The van der Waals surface area contributed by atoms with Crippen LogP contribution in [-0.2, 0) is 30.3 Å². The van der Waals surface area contributed by atoms with E-state index in [0.717, 1.165) is 0 Å². The molecule has 1 rings (SSSR count). The molecule has 1 aromatic rings. The van der Waals surface area contributed by atoms with E-state index in [2.05, 4.69) is 25.3 Å². The summed E-state index contributed by atoms with van der Waals surface area (Å²) in [5.74, 6) is -2.62. The zero-order chi connectivity index (χ0) is 17.9. The van der Waals surface area contributed by atoms with Gasteiger partial charge in [-0.15, -0.1) is 0 Å². The number of aromatic amines is 1. The standard InChI is InChI=1S/C14H20N4O6/c1-24-13(22)7-16-14(23)10(5-9-6-15-8-17-9)18-11(19)3-2-4-12(20)21/h6,8,10H,2-5,7H2,1H3,(H,15,17)(H,16,23)(H,18,19)(H,20,21). The molecule has 0 aromatic carbocycles. The number of aromatic nitrogens is 2. The number of ether oxygens (including phenoxy) is 1. The highest BCUT2D eigenvalue weighted by atomic mass is 16.5. The van der Waals surface area contributed by atoms with E-state index >= 15 is 0 Å². The molecule has 0 bridgehead atoms. The van der Waals surface area contributed by atoms with Crippen LogP contribution in [-0.4, -0.2) is 58.5 Å². The third-order valence-electron chi connectivity index (χ3n) is 3.05. The molecule has 24 heavy (non-hydrogen) atoms. The van der Waals surface area contributed by atoms with Crippen molar-refractivity contribution in [2.75, 3.05) is 13.7 Å². The van der Waals surface area contributed by atoms with Crippen molar-refractivity contribution >= 4 is 23.8 Å². The Kier molecular flexibility index (Phi) is 7.96. The molecule has 1 aromatic heterocycles. The molecule has 4 N–H and O–H groups in total. The molecule has 0 saturated heterocycles. The average molecular weight is 340 g/mol. The predicted octanol–water partition coefficient (Wildman–Crippen LogP) is -1.02. The molecule has 1 heterocycles. The summed E-state index contributed by atoms with van der Waals surface area (Å²) in [5, 5.41) is 13.4. The van der Waals surface area contributed by atoms with Crippen LogP contribution in [0.4, 0.5) is 0 Å². The molecule has 1 atom stereocenters. The summed E-state index contributed by atoms with van der Waals surface area (Å²) in [7, 11) is 1.19. The fourth-order valence-electron chi connectivity index (χ4n) is 1.84. The number of H-pyrrole nitrogens is 1. The Morgan fingerprint density at radius 1 is 1.33 bits per heavy atom. The average Bonchev–Trinajstić information content (AvgIpc) is 3.04. The SMILES string of the molecule is COC(=O)CNC(=O)C(Cc1c[nH]cn1)NC(=O)CCCC(=O)O. The van der Waals surface area contributed by atoms with Crippen LogP contribution in [0.1, 0.15) is 25.0 Å². The summed E-state index contributed by atoms with van der Waals surface area (Å²) >= 11 is 0. The number of methoxy groups -OCH3 is 1. The van der Waals surface area contributed by atoms with Gasteiger partial charge >= 0.3 is 11.9 Å². The van der Waals surface area contributed by atoms with Crippen molar-refractivity contribution in [3.8, 4) is 0 Å². The lowest BCUT2D eigenvalue weighted by Crippen LogP contribution is -2.49. The van der Waals surface area contributed by atoms with Gasteiger partial charge in [-0.05, 0) is 6.42 Å². The van der Waals surface area contributed by atoms with Gasteiger partial charge in [-0.3, -0.25) is 19.2 Å². The summed E-state index contributed by atoms with van der Waals surface area (Å²) in [6.45, 7) is -0.318. The third kappa shape index (κ3) is 7.38. The van der Waals surface area contributed by atoms with Gasteiger partial charge < -0.3 is 25.5 Å². The Morgan fingerprint density at radius 2 is 2.08 bits per heavy atom. The maximum absolute atomic E-state index is 12.1. The smallest absolute Gasteiger partial charge is 0.325 e. The van der Waals surface area contributed by atoms with Crippen LogP contribution in [0.2, 0.25) is 0 Å². The summed E-state index contributed by atoms with van der Waals surface area (Å²) < 4.78 is 4.43. The van der Waals surface area contributed by atoms with E-state index in [1.165, 1.54) is 13.4 Å². The predicted molar refractivity (Wildman–Crippen MR) is 80.7 cm³/mol. The topological polar surface area (TPSA) is 150 Å². The number of esters is 1. The molecule has 132 valence electrons. The molecular weight excluding hydrogens is 320 g/mol. The van der Waals surface area contributed by atoms with Gasteiger partial charge in [0.05, 0.1) is 19.1 Å². The van der Waals surface area contributed by atoms with E-state index in [0.29, 0.717) is 5.69 Å². The Balaban J connectivity index is 2.59. The monoisotopic (exact) mass is 340 g/mol. The van der Waals surface area contributed by atoms with Gasteiger partial charge in [-0.25, -0.2) is 4.98 Å². The van der Waals surface area contributed by atoms with Crippen LogP contribution < -0.4 is 10.6 Å². The Bertz CT molecular complexity index is 572. The number of hydrogen-bond acceptors (Lipinski definition) is 6. The van der Waals surface area contributed by atoms with Gasteiger partial charge in [0.25, 0.3) is 0 Å². The molecule has 0 fully saturated rings. The van der Waals surface area contributed by atoms with Crippen molar-refractivity contribution in [3.05, 3.63) is 18.2 Å². The largest absolute Gasteiger partial charge is 0.481 e. The number of carboxylic acids is 1. The van der Waals surface area contributed by atoms with E-state index < -0.39 is 29.8 Å². The molecule has 0 aliphatic carbocycles. The fraction of sp³-hybridized carbons (Fsp3) is 0.500. The van der Waals surface area contributed by atoms with Crippen molar-refractivity contribution in [2.24, 2.45) is 0 Å². The number of imidazole rings is 1. The highest BCUT2D eigenvalue weighted by Crippen LogP contribution is 2.01. The third-order valence-corrected chi connectivity index (χ3v) is 3.05. The summed E-state index contributed by atoms with van der Waals surface area (Å²) in [4.78, 5) is 52.3. The van der Waals surface area contributed by atoms with Gasteiger partial charge in [-0.2, -0.15) is 0 Å². The Labute approximate surface area is 138 Å². The number of rotatable bonds is 10. The van der Waals surface area contributed by atoms with Gasteiger partial charge in [0.1, 0.15) is 12.6 Å². The maximum atomic E-state index is 12.1. The van der Waals surface area contributed by atoms with Crippen LogP contribution in [0.3, 0.4) is 0 Å². The second kappa shape index (κ2) is 9.98. The highest BCUT2D eigenvalue weighted by molar-refractivity contribution is 5.89. The summed E-state index contributed by atoms with van der Waals surface area (Å²) in [6.07, 6.45) is 3.16. The van der Waals surface area contributed by atoms with E-state index in [4.69, 9.17) is 5.11 Å². The number of nitrogens with zero attached hydrogens (tertiary/aromatic N) is 1. The van der Waals surface area contributed by atoms with Crippen LogP contribution in [0.25, 0.3) is 0 Å². The molecule has 10 nitrogen and oxygen atoms in total. The molecule has 2 amide bonds. The number of aliphatic carboxylic acids is 1. The van der Waals surface area contributed by atoms with Crippen molar-refractivity contribution in [1.29, 1.82) is 0 Å². The number of carbonyl (C=O) groups is 4. The summed E-state index contributed by atoms with van der Waals surface area (Å²) in [5.41, 5.74) is 0.555. The lowest BCUT2D eigenvalue weighted by molar-refractivity contribution is -0.141. The second-order valence-corrected chi connectivity index (χ2v) is 4.93. The quantitative estimate of drug-likeness (QED) is 0.398. The number of carboxylic acid groups (broad SMARTS) is 1. The first kappa shape index (κ1) is 19.1. The Hall–Kier alpha value is -2.91. The van der Waals surface area contributed by atoms with Crippen LogP contribution in [0, 0.1) is 0 Å². The molecule has 0 spiro atoms. The van der Waals surface area contributed by atoms with E-state index in [1.54, 1.807) is 6.20 Å². The first-order valence-corrected chi connectivity index (χ1v) is 7.25. The van der Waals surface area contributed by atoms with E-state index in [1.807, 2.05) is 0 Å². The van der Waals surface area contributed by atoms with E-state index in [-0.39, 0.29) is 32.2 Å². The molecular formula is C14H20N4O6. The van der Waals surface area contributed by atoms with Crippen LogP contribution in [0.5, 0.6) is 0 Å². The fourth-order valence-corrected chi connectivity index (χ4v) is 1.84. The van der Waals surface area contributed by atoms with Gasteiger partial charge in [-0.1, -0.05) is 0 Å². The van der Waals surface area contributed by atoms with E-state index in [9.17, 15) is 19.2 Å². The minimum atomic E-state index is -0.994. The molecule has 10 heteroatoms. The minimum absolute atomic E-state index is 0.0202. The van der Waals surface area contributed by atoms with Gasteiger partial charge in [0, 0.05) is 25.5 Å². The van der Waals surface area contributed by atoms with Crippen LogP contribution >= 0.6 is 0 Å². The van der Waals surface area contributed by atoms with Gasteiger partial charge in [0.2, 0.25) is 11.8 Å². The second-order valence-electron chi connectivity index (χ2n) is 4.93. The highest BCUT2D eigenvalue weighted by Gasteiger charge is 2.22. The van der Waals surface area contributed by atoms with Crippen molar-refractivity contribution < 1.29 is 29.0 Å². The molecule has 0 aliphatic rings. The molecule has 0 saturated carbocycles. The van der Waals surface area contributed by atoms with Crippen molar-refractivity contribution in [3.63, 3.8) is 0 Å². The maximum Gasteiger partial charge on any atom is 0.325 e. The normalized spacial score (nSPS) is 11.4. The molecule has 0 aliphatic heterocycles. The van der Waals surface area contributed by atoms with Crippen LogP contribution in [0.15, 0.2) is 12.5 Å². The first-order valence-electron chi connectivity index (χ1n) is 7.25. The molecule has 1 unspecified atom stereocenters. The zero-order valence-corrected chi connectivity index (χ0v) is 13.2. The number of carbonyl (C=O) groups excluding carboxylic acids is 3. The number of nitrogens with one attached hydrogen (secondary N) is 3. The first-order chi connectivity index (χ1) is 11.4. The number of amides is 2. The minimum Gasteiger partial charge on any atom is -0.481 e.